The molecule has 5 heteroatoms. The largest absolute Gasteiger partial charge is 0.344 e. The third-order valence-corrected chi connectivity index (χ3v) is 5.57. The Morgan fingerprint density at radius 2 is 2.15 bits per heavy atom. The fourth-order valence-corrected chi connectivity index (χ4v) is 4.41. The maximum atomic E-state index is 12.4. The van der Waals surface area contributed by atoms with E-state index >= 15 is 0 Å². The van der Waals surface area contributed by atoms with Crippen molar-refractivity contribution in [2.45, 2.75) is 31.2 Å². The second-order valence-corrected chi connectivity index (χ2v) is 7.19. The predicted octanol–water partition coefficient (Wildman–Crippen LogP) is 3.73. The molecule has 0 bridgehead atoms. The van der Waals surface area contributed by atoms with Crippen LogP contribution in [-0.4, -0.2) is 16.6 Å². The van der Waals surface area contributed by atoms with Gasteiger partial charge in [-0.15, -0.1) is 23.1 Å². The summed E-state index contributed by atoms with van der Waals surface area (Å²) in [7, 11) is 0. The second-order valence-electron chi connectivity index (χ2n) is 4.85. The van der Waals surface area contributed by atoms with Crippen molar-refractivity contribution in [3.8, 4) is 0 Å². The van der Waals surface area contributed by atoms with Gasteiger partial charge in [-0.05, 0) is 31.9 Å². The Kier molecular flexibility index (Phi) is 3.81. The zero-order chi connectivity index (χ0) is 14.1. The first-order valence-corrected chi connectivity index (χ1v) is 8.42. The monoisotopic (exact) mass is 304 g/mol. The molecule has 3 rings (SSSR count). The summed E-state index contributed by atoms with van der Waals surface area (Å²) in [4.78, 5) is 18.7. The van der Waals surface area contributed by atoms with Crippen LogP contribution < -0.4 is 5.32 Å². The van der Waals surface area contributed by atoms with Crippen molar-refractivity contribution in [2.24, 2.45) is 0 Å². The first-order valence-electron chi connectivity index (χ1n) is 6.62. The molecule has 0 saturated heterocycles. The van der Waals surface area contributed by atoms with Crippen LogP contribution in [0.5, 0.6) is 0 Å². The highest BCUT2D eigenvalue weighted by Crippen LogP contribution is 2.36. The number of amides is 1. The van der Waals surface area contributed by atoms with Crippen LogP contribution in [-0.2, 0) is 0 Å². The predicted molar refractivity (Wildman–Crippen MR) is 83.6 cm³/mol. The van der Waals surface area contributed by atoms with Gasteiger partial charge in [0.25, 0.3) is 5.91 Å². The molecule has 1 atom stereocenters. The Morgan fingerprint density at radius 1 is 1.35 bits per heavy atom. The Hall–Kier alpha value is -1.33. The van der Waals surface area contributed by atoms with Crippen molar-refractivity contribution >= 4 is 29.0 Å². The first kappa shape index (κ1) is 13.6. The lowest BCUT2D eigenvalue weighted by Gasteiger charge is -2.25. The summed E-state index contributed by atoms with van der Waals surface area (Å²) in [6.45, 7) is 3.82. The van der Waals surface area contributed by atoms with Gasteiger partial charge in [-0.3, -0.25) is 4.79 Å². The lowest BCUT2D eigenvalue weighted by molar-refractivity contribution is 0.0938. The van der Waals surface area contributed by atoms with E-state index in [-0.39, 0.29) is 11.9 Å². The number of fused-ring (bicyclic) bond motifs is 1. The lowest BCUT2D eigenvalue weighted by atomic mass is 10.0. The smallest absolute Gasteiger partial charge is 0.263 e. The fraction of sp³-hybridized carbons (Fsp3) is 0.333. The highest BCUT2D eigenvalue weighted by molar-refractivity contribution is 7.99. The minimum atomic E-state index is -0.000182. The number of thiazole rings is 1. The SMILES string of the molecule is Cc1nc(C)c(C(=O)N[C@@H]2CCSc3ccccc32)s1. The van der Waals surface area contributed by atoms with Crippen molar-refractivity contribution in [3.05, 3.63) is 45.4 Å². The summed E-state index contributed by atoms with van der Waals surface area (Å²) in [5.41, 5.74) is 2.06. The van der Waals surface area contributed by atoms with Crippen LogP contribution in [0.25, 0.3) is 0 Å². The highest BCUT2D eigenvalue weighted by Gasteiger charge is 2.23. The average Bonchev–Trinajstić information content (AvgIpc) is 2.78. The number of hydrogen-bond acceptors (Lipinski definition) is 4. The van der Waals surface area contributed by atoms with Crippen molar-refractivity contribution in [1.82, 2.24) is 10.3 Å². The molecular weight excluding hydrogens is 288 g/mol. The number of aromatic nitrogens is 1. The quantitative estimate of drug-likeness (QED) is 0.919. The van der Waals surface area contributed by atoms with Crippen LogP contribution in [0.2, 0.25) is 0 Å². The summed E-state index contributed by atoms with van der Waals surface area (Å²) in [6, 6.07) is 8.43. The Labute approximate surface area is 126 Å². The van der Waals surface area contributed by atoms with E-state index in [0.29, 0.717) is 0 Å². The zero-order valence-electron chi connectivity index (χ0n) is 11.5. The maximum absolute atomic E-state index is 12.4. The van der Waals surface area contributed by atoms with Crippen LogP contribution in [0.4, 0.5) is 0 Å². The van der Waals surface area contributed by atoms with Gasteiger partial charge in [-0.25, -0.2) is 4.98 Å². The Bertz CT molecular complexity index is 651. The number of benzene rings is 1. The van der Waals surface area contributed by atoms with Crippen LogP contribution in [0.1, 0.15) is 38.4 Å². The number of nitrogens with zero attached hydrogens (tertiary/aromatic N) is 1. The van der Waals surface area contributed by atoms with Gasteiger partial charge in [0.05, 0.1) is 16.7 Å². The molecule has 1 amide bonds. The van der Waals surface area contributed by atoms with Gasteiger partial charge in [0, 0.05) is 10.6 Å². The Balaban J connectivity index is 1.82. The molecule has 0 radical (unpaired) electrons. The third kappa shape index (κ3) is 2.60. The van der Waals surface area contributed by atoms with Crippen LogP contribution in [0.15, 0.2) is 29.2 Å². The van der Waals surface area contributed by atoms with Crippen LogP contribution in [0.3, 0.4) is 0 Å². The molecule has 1 aliphatic heterocycles. The van der Waals surface area contributed by atoms with E-state index in [1.807, 2.05) is 37.7 Å². The molecule has 0 aliphatic carbocycles. The minimum Gasteiger partial charge on any atom is -0.344 e. The number of rotatable bonds is 2. The standard InChI is InChI=1S/C15H16N2OS2/c1-9-14(20-10(2)16-9)15(18)17-12-7-8-19-13-6-4-3-5-11(12)13/h3-6,12H,7-8H2,1-2H3,(H,17,18)/t12-/m1/s1. The second kappa shape index (κ2) is 5.58. The molecule has 3 nitrogen and oxygen atoms in total. The number of nitrogens with one attached hydrogen (secondary N) is 1. The molecular formula is C15H16N2OS2. The van der Waals surface area contributed by atoms with E-state index in [1.165, 1.54) is 21.8 Å². The minimum absolute atomic E-state index is 0.000182. The van der Waals surface area contributed by atoms with E-state index in [0.717, 1.165) is 27.8 Å². The summed E-state index contributed by atoms with van der Waals surface area (Å²) < 4.78 is 0. The van der Waals surface area contributed by atoms with Crippen molar-refractivity contribution in [1.29, 1.82) is 0 Å². The molecule has 1 N–H and O–H groups in total. The van der Waals surface area contributed by atoms with Gasteiger partial charge in [-0.2, -0.15) is 0 Å². The number of carbonyl (C=O) groups is 1. The molecule has 1 aromatic heterocycles. The highest BCUT2D eigenvalue weighted by atomic mass is 32.2. The van der Waals surface area contributed by atoms with Gasteiger partial charge in [-0.1, -0.05) is 18.2 Å². The van der Waals surface area contributed by atoms with Gasteiger partial charge in [0.1, 0.15) is 4.88 Å². The normalized spacial score (nSPS) is 17.6. The molecule has 0 spiro atoms. The topological polar surface area (TPSA) is 42.0 Å². The lowest BCUT2D eigenvalue weighted by Crippen LogP contribution is -2.30. The van der Waals surface area contributed by atoms with Gasteiger partial charge >= 0.3 is 0 Å². The van der Waals surface area contributed by atoms with Crippen molar-refractivity contribution in [2.75, 3.05) is 5.75 Å². The molecule has 2 aromatic rings. The number of thioether (sulfide) groups is 1. The molecule has 0 fully saturated rings. The molecule has 0 saturated carbocycles. The zero-order valence-corrected chi connectivity index (χ0v) is 13.1. The average molecular weight is 304 g/mol. The van der Waals surface area contributed by atoms with Gasteiger partial charge in [0.15, 0.2) is 0 Å². The summed E-state index contributed by atoms with van der Waals surface area (Å²) in [5, 5.41) is 4.10. The van der Waals surface area contributed by atoms with Crippen molar-refractivity contribution < 1.29 is 4.79 Å². The fourth-order valence-electron chi connectivity index (χ4n) is 2.46. The molecule has 104 valence electrons. The molecule has 1 aromatic carbocycles. The third-order valence-electron chi connectivity index (χ3n) is 3.37. The molecule has 0 unspecified atom stereocenters. The number of carbonyl (C=O) groups excluding carboxylic acids is 1. The summed E-state index contributed by atoms with van der Waals surface area (Å²) in [5.74, 6) is 1.04. The van der Waals surface area contributed by atoms with Crippen LogP contribution >= 0.6 is 23.1 Å². The van der Waals surface area contributed by atoms with E-state index < -0.39 is 0 Å². The van der Waals surface area contributed by atoms with E-state index in [1.54, 1.807) is 0 Å². The Morgan fingerprint density at radius 3 is 2.90 bits per heavy atom. The molecule has 20 heavy (non-hydrogen) atoms. The van der Waals surface area contributed by atoms with Gasteiger partial charge in [0.2, 0.25) is 0 Å². The maximum Gasteiger partial charge on any atom is 0.263 e. The summed E-state index contributed by atoms with van der Waals surface area (Å²) in [6.07, 6.45) is 0.976. The number of hydrogen-bond donors (Lipinski definition) is 1. The molecule has 2 heterocycles. The number of aryl methyl sites for hydroxylation is 2. The first-order chi connectivity index (χ1) is 9.65. The van der Waals surface area contributed by atoms with Gasteiger partial charge < -0.3 is 5.32 Å². The van der Waals surface area contributed by atoms with E-state index in [2.05, 4.69) is 22.4 Å². The van der Waals surface area contributed by atoms with Crippen molar-refractivity contribution in [3.63, 3.8) is 0 Å². The summed E-state index contributed by atoms with van der Waals surface area (Å²) >= 11 is 3.33. The van der Waals surface area contributed by atoms with E-state index in [9.17, 15) is 4.79 Å². The van der Waals surface area contributed by atoms with Crippen LogP contribution in [0, 0.1) is 13.8 Å². The molecule has 1 aliphatic rings. The van der Waals surface area contributed by atoms with E-state index in [4.69, 9.17) is 0 Å².